The third-order valence-corrected chi connectivity index (χ3v) is 4.03. The number of benzene rings is 1. The van der Waals surface area contributed by atoms with Crippen LogP contribution in [0.1, 0.15) is 21.6 Å². The maximum Gasteiger partial charge on any atom is 0.255 e. The molecule has 1 aromatic carbocycles. The van der Waals surface area contributed by atoms with Crippen LogP contribution in [0.5, 0.6) is 0 Å². The van der Waals surface area contributed by atoms with E-state index in [-0.39, 0.29) is 5.91 Å². The van der Waals surface area contributed by atoms with Crippen LogP contribution in [0.25, 0.3) is 10.2 Å². The number of aryl methyl sites for hydroxylation is 2. The van der Waals surface area contributed by atoms with E-state index in [4.69, 9.17) is 0 Å². The summed E-state index contributed by atoms with van der Waals surface area (Å²) in [6, 6.07) is 11.3. The number of carbonyl (C=O) groups is 1. The van der Waals surface area contributed by atoms with Gasteiger partial charge in [-0.25, -0.2) is 4.98 Å². The van der Waals surface area contributed by atoms with Crippen LogP contribution in [0.4, 0.5) is 5.69 Å². The summed E-state index contributed by atoms with van der Waals surface area (Å²) in [4.78, 5) is 17.7. The number of pyridine rings is 1. The van der Waals surface area contributed by atoms with Crippen LogP contribution in [0.15, 0.2) is 41.8 Å². The Balaban J connectivity index is 1.98. The molecule has 0 aliphatic carbocycles. The fraction of sp³-hybridized carbons (Fsp3) is 0.125. The summed E-state index contributed by atoms with van der Waals surface area (Å²) in [5.41, 5.74) is 3.63. The summed E-state index contributed by atoms with van der Waals surface area (Å²) < 4.78 is 0. The van der Waals surface area contributed by atoms with Gasteiger partial charge in [-0.15, -0.1) is 11.3 Å². The lowest BCUT2D eigenvalue weighted by atomic mass is 10.1. The molecule has 0 aliphatic heterocycles. The van der Waals surface area contributed by atoms with Crippen molar-refractivity contribution in [3.8, 4) is 0 Å². The molecule has 0 radical (unpaired) electrons. The SMILES string of the molecule is Cc1cc(C)c2c(NC(=O)c3ccccc3)csc2n1. The molecule has 4 heteroatoms. The lowest BCUT2D eigenvalue weighted by Crippen LogP contribution is -2.11. The van der Waals surface area contributed by atoms with Gasteiger partial charge in [0.25, 0.3) is 5.91 Å². The van der Waals surface area contributed by atoms with Gasteiger partial charge in [-0.3, -0.25) is 4.79 Å². The van der Waals surface area contributed by atoms with Gasteiger partial charge in [0.1, 0.15) is 4.83 Å². The summed E-state index contributed by atoms with van der Waals surface area (Å²) in [5.74, 6) is -0.0923. The summed E-state index contributed by atoms with van der Waals surface area (Å²) in [5, 5.41) is 5.95. The molecule has 0 saturated heterocycles. The first-order valence-corrected chi connectivity index (χ1v) is 7.25. The van der Waals surface area contributed by atoms with Gasteiger partial charge in [0.2, 0.25) is 0 Å². The van der Waals surface area contributed by atoms with Crippen molar-refractivity contribution in [3.63, 3.8) is 0 Å². The van der Waals surface area contributed by atoms with Crippen molar-refractivity contribution in [3.05, 3.63) is 58.6 Å². The van der Waals surface area contributed by atoms with Gasteiger partial charge >= 0.3 is 0 Å². The molecule has 0 unspecified atom stereocenters. The minimum Gasteiger partial charge on any atom is -0.321 e. The smallest absolute Gasteiger partial charge is 0.255 e. The number of hydrogen-bond acceptors (Lipinski definition) is 3. The number of rotatable bonds is 2. The van der Waals surface area contributed by atoms with Crippen molar-refractivity contribution in [2.45, 2.75) is 13.8 Å². The Labute approximate surface area is 121 Å². The summed E-state index contributed by atoms with van der Waals surface area (Å²) in [6.45, 7) is 4.02. The molecule has 0 fully saturated rings. The molecule has 1 amide bonds. The molecule has 0 aliphatic rings. The van der Waals surface area contributed by atoms with Crippen LogP contribution >= 0.6 is 11.3 Å². The number of carbonyl (C=O) groups excluding carboxylic acids is 1. The van der Waals surface area contributed by atoms with E-state index >= 15 is 0 Å². The molecular formula is C16H14N2OS. The predicted molar refractivity (Wildman–Crippen MR) is 83.5 cm³/mol. The highest BCUT2D eigenvalue weighted by atomic mass is 32.1. The number of fused-ring (bicyclic) bond motifs is 1. The molecule has 3 nitrogen and oxygen atoms in total. The first-order valence-electron chi connectivity index (χ1n) is 6.37. The van der Waals surface area contributed by atoms with Crippen LogP contribution in [-0.4, -0.2) is 10.9 Å². The molecule has 0 bridgehead atoms. The number of hydrogen-bond donors (Lipinski definition) is 1. The van der Waals surface area contributed by atoms with E-state index in [2.05, 4.69) is 10.3 Å². The van der Waals surface area contributed by atoms with Crippen LogP contribution in [0, 0.1) is 13.8 Å². The number of amides is 1. The third kappa shape index (κ3) is 2.30. The maximum absolute atomic E-state index is 12.2. The topological polar surface area (TPSA) is 42.0 Å². The molecule has 2 heterocycles. The number of aromatic nitrogens is 1. The molecular weight excluding hydrogens is 268 g/mol. The Hall–Kier alpha value is -2.20. The zero-order valence-corrected chi connectivity index (χ0v) is 12.1. The van der Waals surface area contributed by atoms with E-state index in [9.17, 15) is 4.79 Å². The second kappa shape index (κ2) is 5.06. The Bertz CT molecular complexity index is 778. The molecule has 1 N–H and O–H groups in total. The van der Waals surface area contributed by atoms with Crippen molar-refractivity contribution in [1.82, 2.24) is 4.98 Å². The van der Waals surface area contributed by atoms with Gasteiger partial charge in [0.05, 0.1) is 5.69 Å². The van der Waals surface area contributed by atoms with Crippen molar-refractivity contribution in [2.75, 3.05) is 5.32 Å². The number of nitrogens with zero attached hydrogens (tertiary/aromatic N) is 1. The van der Waals surface area contributed by atoms with Gasteiger partial charge in [0.15, 0.2) is 0 Å². The third-order valence-electron chi connectivity index (χ3n) is 3.15. The molecule has 3 rings (SSSR count). The van der Waals surface area contributed by atoms with Crippen LogP contribution in [0.3, 0.4) is 0 Å². The minimum absolute atomic E-state index is 0.0923. The normalized spacial score (nSPS) is 10.7. The standard InChI is InChI=1S/C16H14N2OS/c1-10-8-11(2)17-16-14(10)13(9-20-16)18-15(19)12-6-4-3-5-7-12/h3-9H,1-2H3,(H,18,19). The predicted octanol–water partition coefficient (Wildman–Crippen LogP) is 4.17. The second-order valence-corrected chi connectivity index (χ2v) is 5.59. The molecule has 0 spiro atoms. The van der Waals surface area contributed by atoms with E-state index in [0.29, 0.717) is 5.56 Å². The van der Waals surface area contributed by atoms with Crippen molar-refractivity contribution in [1.29, 1.82) is 0 Å². The molecule has 0 atom stereocenters. The average molecular weight is 282 g/mol. The van der Waals surface area contributed by atoms with Gasteiger partial charge in [0, 0.05) is 22.0 Å². The molecule has 20 heavy (non-hydrogen) atoms. The Morgan fingerprint density at radius 2 is 1.95 bits per heavy atom. The van der Waals surface area contributed by atoms with Crippen molar-refractivity contribution < 1.29 is 4.79 Å². The Morgan fingerprint density at radius 1 is 1.20 bits per heavy atom. The summed E-state index contributed by atoms with van der Waals surface area (Å²) in [6.07, 6.45) is 0. The number of anilines is 1. The lowest BCUT2D eigenvalue weighted by molar-refractivity contribution is 0.102. The zero-order valence-electron chi connectivity index (χ0n) is 11.3. The van der Waals surface area contributed by atoms with Gasteiger partial charge in [-0.1, -0.05) is 18.2 Å². The van der Waals surface area contributed by atoms with Crippen LogP contribution in [-0.2, 0) is 0 Å². The van der Waals surface area contributed by atoms with Crippen molar-refractivity contribution >= 4 is 33.1 Å². The van der Waals surface area contributed by atoms with Crippen LogP contribution in [0.2, 0.25) is 0 Å². The van der Waals surface area contributed by atoms with Gasteiger partial charge in [-0.2, -0.15) is 0 Å². The van der Waals surface area contributed by atoms with E-state index < -0.39 is 0 Å². The van der Waals surface area contributed by atoms with E-state index in [1.165, 1.54) is 0 Å². The quantitative estimate of drug-likeness (QED) is 0.766. The number of thiophene rings is 1. The Morgan fingerprint density at radius 3 is 2.70 bits per heavy atom. The second-order valence-electron chi connectivity index (χ2n) is 4.73. The first kappa shape index (κ1) is 12.8. The molecule has 0 saturated carbocycles. The minimum atomic E-state index is -0.0923. The lowest BCUT2D eigenvalue weighted by Gasteiger charge is -2.06. The summed E-state index contributed by atoms with van der Waals surface area (Å²) in [7, 11) is 0. The highest BCUT2D eigenvalue weighted by Gasteiger charge is 2.12. The zero-order chi connectivity index (χ0) is 14.1. The summed E-state index contributed by atoms with van der Waals surface area (Å²) >= 11 is 1.55. The Kier molecular flexibility index (Phi) is 3.24. The maximum atomic E-state index is 12.2. The van der Waals surface area contributed by atoms with Crippen molar-refractivity contribution in [2.24, 2.45) is 0 Å². The highest BCUT2D eigenvalue weighted by Crippen LogP contribution is 2.32. The van der Waals surface area contributed by atoms with E-state index in [1.54, 1.807) is 23.5 Å². The largest absolute Gasteiger partial charge is 0.321 e. The average Bonchev–Trinajstić information content (AvgIpc) is 2.82. The fourth-order valence-electron chi connectivity index (χ4n) is 2.27. The first-order chi connectivity index (χ1) is 9.65. The van der Waals surface area contributed by atoms with Crippen LogP contribution < -0.4 is 5.32 Å². The highest BCUT2D eigenvalue weighted by molar-refractivity contribution is 7.17. The molecule has 100 valence electrons. The monoisotopic (exact) mass is 282 g/mol. The number of nitrogens with one attached hydrogen (secondary N) is 1. The van der Waals surface area contributed by atoms with E-state index in [1.807, 2.05) is 43.5 Å². The van der Waals surface area contributed by atoms with Gasteiger partial charge < -0.3 is 5.32 Å². The van der Waals surface area contributed by atoms with E-state index in [0.717, 1.165) is 27.2 Å². The fourth-order valence-corrected chi connectivity index (χ4v) is 3.26. The molecule has 3 aromatic rings. The van der Waals surface area contributed by atoms with Gasteiger partial charge in [-0.05, 0) is 37.6 Å². The molecule has 2 aromatic heterocycles.